The van der Waals surface area contributed by atoms with E-state index in [0.717, 1.165) is 34.6 Å². The van der Waals surface area contributed by atoms with Crippen LogP contribution in [-0.4, -0.2) is 11.5 Å². The number of rotatable bonds is 5. The Bertz CT molecular complexity index is 508. The smallest absolute Gasteiger partial charge is 0.181 e. The van der Waals surface area contributed by atoms with E-state index in [2.05, 4.69) is 40.1 Å². The van der Waals surface area contributed by atoms with Crippen LogP contribution in [0.1, 0.15) is 19.5 Å². The summed E-state index contributed by atoms with van der Waals surface area (Å²) in [5, 5.41) is 3.38. The van der Waals surface area contributed by atoms with Crippen molar-refractivity contribution in [3.63, 3.8) is 0 Å². The molecule has 2 aromatic rings. The summed E-state index contributed by atoms with van der Waals surface area (Å²) < 4.78 is 6.53. The van der Waals surface area contributed by atoms with Gasteiger partial charge in [0.05, 0.1) is 0 Å². The van der Waals surface area contributed by atoms with Gasteiger partial charge >= 0.3 is 0 Å². The Hall–Kier alpha value is -1.13. The monoisotopic (exact) mass is 308 g/mol. The molecule has 18 heavy (non-hydrogen) atoms. The highest BCUT2D eigenvalue weighted by Gasteiger charge is 2.12. The zero-order valence-electron chi connectivity index (χ0n) is 10.6. The molecule has 0 fully saturated rings. The molecule has 0 radical (unpaired) electrons. The number of nitrogens with one attached hydrogen (secondary N) is 1. The fourth-order valence-corrected chi connectivity index (χ4v) is 2.20. The molecule has 0 spiro atoms. The third-order valence-electron chi connectivity index (χ3n) is 2.60. The van der Waals surface area contributed by atoms with Gasteiger partial charge in [-0.25, -0.2) is 4.98 Å². The Morgan fingerprint density at radius 3 is 2.83 bits per heavy atom. The van der Waals surface area contributed by atoms with E-state index in [9.17, 15) is 0 Å². The van der Waals surface area contributed by atoms with Crippen molar-refractivity contribution in [3.05, 3.63) is 40.8 Å². The van der Waals surface area contributed by atoms with Gasteiger partial charge in [-0.2, -0.15) is 0 Å². The molecular weight excluding hydrogens is 292 g/mol. The Labute approximate surface area is 116 Å². The number of benzene rings is 1. The van der Waals surface area contributed by atoms with Gasteiger partial charge in [0.1, 0.15) is 5.69 Å². The van der Waals surface area contributed by atoms with Crippen LogP contribution < -0.4 is 5.32 Å². The minimum atomic E-state index is 0.629. The molecule has 3 nitrogen and oxygen atoms in total. The van der Waals surface area contributed by atoms with E-state index in [1.807, 2.05) is 24.3 Å². The summed E-state index contributed by atoms with van der Waals surface area (Å²) in [5.74, 6) is 1.46. The van der Waals surface area contributed by atoms with Gasteiger partial charge in [0, 0.05) is 16.6 Å². The maximum absolute atomic E-state index is 5.51. The van der Waals surface area contributed by atoms with Gasteiger partial charge in [0.15, 0.2) is 12.2 Å². The van der Waals surface area contributed by atoms with Crippen LogP contribution in [0.4, 0.5) is 0 Å². The lowest BCUT2D eigenvalue weighted by molar-refractivity contribution is 0.545. The predicted molar refractivity (Wildman–Crippen MR) is 76.2 cm³/mol. The van der Waals surface area contributed by atoms with Crippen LogP contribution in [0.25, 0.3) is 11.3 Å². The number of hydrogen-bond acceptors (Lipinski definition) is 3. The van der Waals surface area contributed by atoms with E-state index in [0.29, 0.717) is 5.92 Å². The first kappa shape index (κ1) is 13.3. The standard InChI is InChI=1S/C14H17BrN2O/c1-10(2)7-16-8-13-14(18-9-17-13)11-5-3-4-6-12(11)15/h3-6,9-10,16H,7-8H2,1-2H3. The highest BCUT2D eigenvalue weighted by molar-refractivity contribution is 9.10. The Morgan fingerprint density at radius 2 is 2.11 bits per heavy atom. The molecule has 0 atom stereocenters. The number of aromatic nitrogens is 1. The third-order valence-corrected chi connectivity index (χ3v) is 3.30. The van der Waals surface area contributed by atoms with Gasteiger partial charge in [-0.1, -0.05) is 48.0 Å². The molecule has 0 saturated heterocycles. The van der Waals surface area contributed by atoms with E-state index < -0.39 is 0 Å². The van der Waals surface area contributed by atoms with Crippen molar-refractivity contribution < 1.29 is 4.42 Å². The van der Waals surface area contributed by atoms with E-state index in [-0.39, 0.29) is 0 Å². The number of hydrogen-bond donors (Lipinski definition) is 1. The lowest BCUT2D eigenvalue weighted by Crippen LogP contribution is -2.19. The SMILES string of the molecule is CC(C)CNCc1ncoc1-c1ccccc1Br. The summed E-state index contributed by atoms with van der Waals surface area (Å²) in [7, 11) is 0. The fraction of sp³-hybridized carbons (Fsp3) is 0.357. The average Bonchev–Trinajstić information content (AvgIpc) is 2.77. The topological polar surface area (TPSA) is 38.1 Å². The minimum absolute atomic E-state index is 0.629. The highest BCUT2D eigenvalue weighted by Crippen LogP contribution is 2.30. The maximum atomic E-state index is 5.51. The second-order valence-corrected chi connectivity index (χ2v) is 5.49. The third kappa shape index (κ3) is 3.21. The Kier molecular flexibility index (Phi) is 4.55. The van der Waals surface area contributed by atoms with Gasteiger partial charge in [-0.05, 0) is 18.5 Å². The first-order valence-electron chi connectivity index (χ1n) is 6.06. The fourth-order valence-electron chi connectivity index (χ4n) is 1.74. The van der Waals surface area contributed by atoms with Crippen LogP contribution in [0.3, 0.4) is 0 Å². The van der Waals surface area contributed by atoms with Gasteiger partial charge in [0.2, 0.25) is 0 Å². The van der Waals surface area contributed by atoms with E-state index in [1.165, 1.54) is 6.39 Å². The molecular formula is C14H17BrN2O. The normalized spacial score (nSPS) is 11.1. The van der Waals surface area contributed by atoms with Gasteiger partial charge in [-0.15, -0.1) is 0 Å². The second-order valence-electron chi connectivity index (χ2n) is 4.63. The van der Waals surface area contributed by atoms with Crippen LogP contribution in [0.2, 0.25) is 0 Å². The van der Waals surface area contributed by atoms with Crippen molar-refractivity contribution in [1.29, 1.82) is 0 Å². The minimum Gasteiger partial charge on any atom is -0.443 e. The highest BCUT2D eigenvalue weighted by atomic mass is 79.9. The molecule has 0 aliphatic heterocycles. The predicted octanol–water partition coefficient (Wildman–Crippen LogP) is 3.85. The molecule has 0 bridgehead atoms. The summed E-state index contributed by atoms with van der Waals surface area (Å²) >= 11 is 3.54. The van der Waals surface area contributed by atoms with Crippen LogP contribution >= 0.6 is 15.9 Å². The summed E-state index contributed by atoms with van der Waals surface area (Å²) in [6.07, 6.45) is 1.50. The molecule has 1 aromatic carbocycles. The van der Waals surface area contributed by atoms with Crippen molar-refractivity contribution >= 4 is 15.9 Å². The Morgan fingerprint density at radius 1 is 1.33 bits per heavy atom. The van der Waals surface area contributed by atoms with Crippen LogP contribution in [0, 0.1) is 5.92 Å². The molecule has 0 amide bonds. The first-order valence-corrected chi connectivity index (χ1v) is 6.85. The molecule has 1 aromatic heterocycles. The van der Waals surface area contributed by atoms with Gasteiger partial charge in [0.25, 0.3) is 0 Å². The molecule has 0 aliphatic carbocycles. The first-order chi connectivity index (χ1) is 8.68. The number of oxazole rings is 1. The molecule has 0 unspecified atom stereocenters. The zero-order chi connectivity index (χ0) is 13.0. The van der Waals surface area contributed by atoms with Crippen molar-refractivity contribution in [2.45, 2.75) is 20.4 Å². The molecule has 1 N–H and O–H groups in total. The van der Waals surface area contributed by atoms with Crippen molar-refractivity contribution in [1.82, 2.24) is 10.3 Å². The van der Waals surface area contributed by atoms with Crippen LogP contribution in [0.5, 0.6) is 0 Å². The summed E-state index contributed by atoms with van der Waals surface area (Å²) in [6, 6.07) is 8.01. The van der Waals surface area contributed by atoms with E-state index in [4.69, 9.17) is 4.42 Å². The van der Waals surface area contributed by atoms with E-state index >= 15 is 0 Å². The van der Waals surface area contributed by atoms with Crippen LogP contribution in [-0.2, 0) is 6.54 Å². The molecule has 0 aliphatic rings. The average molecular weight is 309 g/mol. The maximum Gasteiger partial charge on any atom is 0.181 e. The Balaban J connectivity index is 2.15. The van der Waals surface area contributed by atoms with Crippen molar-refractivity contribution in [3.8, 4) is 11.3 Å². The molecule has 1 heterocycles. The lowest BCUT2D eigenvalue weighted by Gasteiger charge is -2.07. The number of halogens is 1. The van der Waals surface area contributed by atoms with Crippen molar-refractivity contribution in [2.24, 2.45) is 5.92 Å². The van der Waals surface area contributed by atoms with Gasteiger partial charge < -0.3 is 9.73 Å². The van der Waals surface area contributed by atoms with Crippen LogP contribution in [0.15, 0.2) is 39.5 Å². The largest absolute Gasteiger partial charge is 0.443 e. The van der Waals surface area contributed by atoms with E-state index in [1.54, 1.807) is 0 Å². The molecule has 96 valence electrons. The molecule has 2 rings (SSSR count). The zero-order valence-corrected chi connectivity index (χ0v) is 12.2. The lowest BCUT2D eigenvalue weighted by atomic mass is 10.1. The summed E-state index contributed by atoms with van der Waals surface area (Å²) in [6.45, 7) is 6.07. The molecule has 0 saturated carbocycles. The summed E-state index contributed by atoms with van der Waals surface area (Å²) in [4.78, 5) is 4.28. The van der Waals surface area contributed by atoms with Gasteiger partial charge in [-0.3, -0.25) is 0 Å². The quantitative estimate of drug-likeness (QED) is 0.911. The van der Waals surface area contributed by atoms with Crippen molar-refractivity contribution in [2.75, 3.05) is 6.54 Å². The second kappa shape index (κ2) is 6.16. The summed E-state index contributed by atoms with van der Waals surface area (Å²) in [5.41, 5.74) is 1.99. The molecule has 4 heteroatoms. The number of nitrogens with zero attached hydrogens (tertiary/aromatic N) is 1.